The Morgan fingerprint density at radius 3 is 2.89 bits per heavy atom. The van der Waals surface area contributed by atoms with Crippen LogP contribution in [0.25, 0.3) is 0 Å². The van der Waals surface area contributed by atoms with Crippen LogP contribution in [0.1, 0.15) is 25.6 Å². The van der Waals surface area contributed by atoms with Crippen LogP contribution in [0.4, 0.5) is 5.82 Å². The van der Waals surface area contributed by atoms with Gasteiger partial charge in [0.2, 0.25) is 0 Å². The summed E-state index contributed by atoms with van der Waals surface area (Å²) in [5.74, 6) is 1.98. The normalized spacial score (nSPS) is 19.8. The second kappa shape index (κ2) is 5.97. The number of hydrogen-bond donors (Lipinski definition) is 0. The van der Waals surface area contributed by atoms with Gasteiger partial charge in [0.25, 0.3) is 0 Å². The molecule has 1 atom stereocenters. The molecular formula is C13H21BrN4. The summed E-state index contributed by atoms with van der Waals surface area (Å²) in [5.41, 5.74) is 0. The van der Waals surface area contributed by atoms with Crippen LogP contribution in [0, 0.1) is 0 Å². The van der Waals surface area contributed by atoms with Gasteiger partial charge in [-0.3, -0.25) is 0 Å². The lowest BCUT2D eigenvalue weighted by Crippen LogP contribution is -2.38. The molecule has 2 rings (SSSR count). The lowest BCUT2D eigenvalue weighted by atomic mass is 10.2. The minimum Gasteiger partial charge on any atom is -0.352 e. The topological polar surface area (TPSA) is 32.3 Å². The molecule has 0 saturated carbocycles. The van der Waals surface area contributed by atoms with Gasteiger partial charge in [-0.2, -0.15) is 0 Å². The molecular weight excluding hydrogens is 292 g/mol. The summed E-state index contributed by atoms with van der Waals surface area (Å²) in [4.78, 5) is 13.7. The highest BCUT2D eigenvalue weighted by Gasteiger charge is 2.26. The first-order valence-electron chi connectivity index (χ1n) is 6.55. The Morgan fingerprint density at radius 1 is 1.44 bits per heavy atom. The number of aryl methyl sites for hydroxylation is 1. The highest BCUT2D eigenvalue weighted by Crippen LogP contribution is 2.26. The molecule has 0 amide bonds. The Bertz CT molecular complexity index is 408. The van der Waals surface area contributed by atoms with Crippen molar-refractivity contribution in [1.29, 1.82) is 0 Å². The van der Waals surface area contributed by atoms with Gasteiger partial charge in [0.15, 0.2) is 0 Å². The third kappa shape index (κ3) is 3.20. The maximum Gasteiger partial charge on any atom is 0.133 e. The molecule has 1 aromatic rings. The van der Waals surface area contributed by atoms with E-state index in [1.807, 2.05) is 6.07 Å². The molecule has 0 aliphatic carbocycles. The first kappa shape index (κ1) is 13.7. The van der Waals surface area contributed by atoms with Crippen LogP contribution in [0.3, 0.4) is 0 Å². The quantitative estimate of drug-likeness (QED) is 0.799. The van der Waals surface area contributed by atoms with Gasteiger partial charge in [0.05, 0.1) is 0 Å². The highest BCUT2D eigenvalue weighted by molar-refractivity contribution is 9.10. The molecule has 0 spiro atoms. The molecule has 0 N–H and O–H groups in total. The zero-order valence-electron chi connectivity index (χ0n) is 11.4. The number of hydrogen-bond acceptors (Lipinski definition) is 4. The molecule has 0 aromatic carbocycles. The maximum absolute atomic E-state index is 4.66. The molecule has 1 aromatic heterocycles. The molecule has 0 bridgehead atoms. The molecule has 1 fully saturated rings. The van der Waals surface area contributed by atoms with Gasteiger partial charge >= 0.3 is 0 Å². The van der Waals surface area contributed by atoms with Crippen LogP contribution in [0.5, 0.6) is 0 Å². The number of halogens is 1. The van der Waals surface area contributed by atoms with Gasteiger partial charge in [-0.15, -0.1) is 0 Å². The molecule has 2 heterocycles. The van der Waals surface area contributed by atoms with E-state index in [4.69, 9.17) is 0 Å². The van der Waals surface area contributed by atoms with E-state index in [-0.39, 0.29) is 0 Å². The molecule has 0 radical (unpaired) electrons. The number of anilines is 1. The summed E-state index contributed by atoms with van der Waals surface area (Å²) in [6.45, 7) is 4.28. The van der Waals surface area contributed by atoms with Gasteiger partial charge in [-0.1, -0.05) is 6.92 Å². The molecule has 1 aliphatic rings. The van der Waals surface area contributed by atoms with E-state index in [2.05, 4.69) is 56.7 Å². The fourth-order valence-corrected chi connectivity index (χ4v) is 2.91. The van der Waals surface area contributed by atoms with Gasteiger partial charge in [0, 0.05) is 31.6 Å². The van der Waals surface area contributed by atoms with E-state index in [1.54, 1.807) is 0 Å². The van der Waals surface area contributed by atoms with Gasteiger partial charge < -0.3 is 9.80 Å². The van der Waals surface area contributed by atoms with Gasteiger partial charge in [-0.25, -0.2) is 9.97 Å². The average Bonchev–Trinajstić information content (AvgIpc) is 2.75. The van der Waals surface area contributed by atoms with Crippen molar-refractivity contribution in [2.75, 3.05) is 32.1 Å². The van der Waals surface area contributed by atoms with Crippen molar-refractivity contribution in [3.63, 3.8) is 0 Å². The minimum absolute atomic E-state index is 0.575. The van der Waals surface area contributed by atoms with Crippen molar-refractivity contribution in [3.8, 4) is 0 Å². The lowest BCUT2D eigenvalue weighted by Gasteiger charge is -2.28. The molecule has 1 unspecified atom stereocenters. The van der Waals surface area contributed by atoms with Crippen LogP contribution in [0.2, 0.25) is 0 Å². The van der Waals surface area contributed by atoms with Gasteiger partial charge in [0.1, 0.15) is 16.2 Å². The highest BCUT2D eigenvalue weighted by atomic mass is 79.9. The van der Waals surface area contributed by atoms with E-state index in [0.29, 0.717) is 6.04 Å². The summed E-state index contributed by atoms with van der Waals surface area (Å²) in [7, 11) is 4.26. The number of aromatic nitrogens is 2. The fraction of sp³-hybridized carbons (Fsp3) is 0.692. The predicted molar refractivity (Wildman–Crippen MR) is 78.0 cm³/mol. The molecule has 5 heteroatoms. The second-order valence-electron chi connectivity index (χ2n) is 5.07. The fourth-order valence-electron chi connectivity index (χ4n) is 2.51. The zero-order chi connectivity index (χ0) is 13.1. The van der Waals surface area contributed by atoms with Crippen molar-refractivity contribution >= 4 is 21.7 Å². The van der Waals surface area contributed by atoms with E-state index in [0.717, 1.165) is 35.8 Å². The molecule has 4 nitrogen and oxygen atoms in total. The number of nitrogens with zero attached hydrogens (tertiary/aromatic N) is 4. The van der Waals surface area contributed by atoms with Crippen LogP contribution >= 0.6 is 15.9 Å². The maximum atomic E-state index is 4.66. The summed E-state index contributed by atoms with van der Waals surface area (Å²) in [6, 6.07) is 2.61. The molecule has 1 saturated heterocycles. The van der Waals surface area contributed by atoms with Crippen LogP contribution in [-0.2, 0) is 6.42 Å². The largest absolute Gasteiger partial charge is 0.352 e. The second-order valence-corrected chi connectivity index (χ2v) is 5.88. The minimum atomic E-state index is 0.575. The van der Waals surface area contributed by atoms with Crippen LogP contribution < -0.4 is 4.90 Å². The summed E-state index contributed by atoms with van der Waals surface area (Å²) in [5, 5.41) is 0. The van der Waals surface area contributed by atoms with Crippen molar-refractivity contribution < 1.29 is 0 Å². The first-order valence-corrected chi connectivity index (χ1v) is 7.34. The predicted octanol–water partition coefficient (Wildman–Crippen LogP) is 2.33. The average molecular weight is 313 g/mol. The van der Waals surface area contributed by atoms with E-state index in [9.17, 15) is 0 Å². The van der Waals surface area contributed by atoms with Crippen LogP contribution in [-0.4, -0.2) is 48.1 Å². The molecule has 1 aliphatic heterocycles. The lowest BCUT2D eigenvalue weighted by molar-refractivity contribution is 0.371. The van der Waals surface area contributed by atoms with Crippen molar-refractivity contribution in [2.45, 2.75) is 32.2 Å². The smallest absolute Gasteiger partial charge is 0.133 e. The van der Waals surface area contributed by atoms with Crippen LogP contribution in [0.15, 0.2) is 10.7 Å². The van der Waals surface area contributed by atoms with Crippen molar-refractivity contribution in [2.24, 2.45) is 0 Å². The Morgan fingerprint density at radius 2 is 2.22 bits per heavy atom. The van der Waals surface area contributed by atoms with E-state index in [1.165, 1.54) is 12.8 Å². The standard InChI is InChI=1S/C13H21BrN4/c1-4-12-15-11(14)8-13(16-12)18-7-5-6-10(18)9-17(2)3/h8,10H,4-7,9H2,1-3H3. The van der Waals surface area contributed by atoms with Crippen molar-refractivity contribution in [1.82, 2.24) is 14.9 Å². The monoisotopic (exact) mass is 312 g/mol. The SMILES string of the molecule is CCc1nc(Br)cc(N2CCCC2CN(C)C)n1. The van der Waals surface area contributed by atoms with Crippen molar-refractivity contribution in [3.05, 3.63) is 16.5 Å². The third-order valence-electron chi connectivity index (χ3n) is 3.29. The summed E-state index contributed by atoms with van der Waals surface area (Å²) < 4.78 is 0.889. The zero-order valence-corrected chi connectivity index (χ0v) is 12.9. The Balaban J connectivity index is 2.21. The van der Waals surface area contributed by atoms with E-state index < -0.39 is 0 Å². The third-order valence-corrected chi connectivity index (χ3v) is 3.70. The number of rotatable bonds is 4. The Labute approximate surface area is 118 Å². The Hall–Kier alpha value is -0.680. The summed E-state index contributed by atoms with van der Waals surface area (Å²) >= 11 is 3.48. The molecule has 100 valence electrons. The molecule has 18 heavy (non-hydrogen) atoms. The summed E-state index contributed by atoms with van der Waals surface area (Å²) in [6.07, 6.45) is 3.38. The Kier molecular flexibility index (Phi) is 4.56. The van der Waals surface area contributed by atoms with Gasteiger partial charge in [-0.05, 0) is 42.9 Å². The van der Waals surface area contributed by atoms with E-state index >= 15 is 0 Å². The number of likely N-dealkylation sites (N-methyl/N-ethyl adjacent to an activating group) is 1. The first-order chi connectivity index (χ1) is 8.60.